The molecule has 0 aliphatic rings. The molecule has 0 heterocycles. The van der Waals surface area contributed by atoms with E-state index in [1.54, 1.807) is 55.7 Å². The van der Waals surface area contributed by atoms with Crippen LogP contribution in [0.5, 0.6) is 11.5 Å². The Bertz CT molecular complexity index is 788. The minimum Gasteiger partial charge on any atom is -0.497 e. The summed E-state index contributed by atoms with van der Waals surface area (Å²) in [5.74, 6) is 0.288. The van der Waals surface area contributed by atoms with E-state index in [0.29, 0.717) is 27.6 Å². The molecule has 0 atom stereocenters. The average molecular weight is 361 g/mol. The molecule has 0 spiro atoms. The highest BCUT2D eigenvalue weighted by Gasteiger charge is 2.06. The van der Waals surface area contributed by atoms with Crippen molar-refractivity contribution < 1.29 is 19.1 Å². The van der Waals surface area contributed by atoms with Crippen LogP contribution in [0.1, 0.15) is 15.9 Å². The van der Waals surface area contributed by atoms with E-state index >= 15 is 0 Å². The number of carbonyl (C=O) groups excluding carboxylic acids is 2. The molecule has 0 saturated heterocycles. The molecule has 0 unspecified atom stereocenters. The number of ether oxygens (including phenoxy) is 2. The minimum atomic E-state index is -0.493. The lowest BCUT2D eigenvalue weighted by atomic mass is 10.1. The Labute approximate surface area is 150 Å². The van der Waals surface area contributed by atoms with E-state index in [-0.39, 0.29) is 0 Å². The fourth-order valence-electron chi connectivity index (χ4n) is 1.97. The zero-order chi connectivity index (χ0) is 18.2. The van der Waals surface area contributed by atoms with Crippen LogP contribution in [0.4, 0.5) is 0 Å². The molecule has 0 fully saturated rings. The predicted molar refractivity (Wildman–Crippen MR) is 95.6 cm³/mol. The maximum Gasteiger partial charge on any atom is 0.269 e. The molecule has 0 aromatic heterocycles. The van der Waals surface area contributed by atoms with Crippen molar-refractivity contribution in [3.8, 4) is 11.5 Å². The molecule has 2 aromatic carbocycles. The second-order valence-electron chi connectivity index (χ2n) is 4.89. The van der Waals surface area contributed by atoms with E-state index in [9.17, 15) is 9.59 Å². The Morgan fingerprint density at radius 2 is 1.72 bits per heavy atom. The highest BCUT2D eigenvalue weighted by Crippen LogP contribution is 2.24. The van der Waals surface area contributed by atoms with Gasteiger partial charge in [-0.3, -0.25) is 20.4 Å². The predicted octanol–water partition coefficient (Wildman–Crippen LogP) is 2.83. The number of amides is 2. The van der Waals surface area contributed by atoms with Crippen molar-refractivity contribution in [2.75, 3.05) is 14.2 Å². The van der Waals surface area contributed by atoms with Gasteiger partial charge in [0.05, 0.1) is 14.2 Å². The largest absolute Gasteiger partial charge is 0.497 e. The van der Waals surface area contributed by atoms with Crippen molar-refractivity contribution in [2.24, 2.45) is 0 Å². The molecular weight excluding hydrogens is 344 g/mol. The summed E-state index contributed by atoms with van der Waals surface area (Å²) in [5, 5.41) is 0.524. The summed E-state index contributed by atoms with van der Waals surface area (Å²) in [6.45, 7) is 0. The first-order valence-corrected chi connectivity index (χ1v) is 7.67. The summed E-state index contributed by atoms with van der Waals surface area (Å²) < 4.78 is 10.4. The second-order valence-corrected chi connectivity index (χ2v) is 5.33. The highest BCUT2D eigenvalue weighted by molar-refractivity contribution is 6.30. The molecule has 0 aliphatic carbocycles. The fraction of sp³-hybridized carbons (Fsp3) is 0.111. The fourth-order valence-corrected chi connectivity index (χ4v) is 2.09. The summed E-state index contributed by atoms with van der Waals surface area (Å²) in [5.41, 5.74) is 5.66. The lowest BCUT2D eigenvalue weighted by molar-refractivity contribution is -0.117. The summed E-state index contributed by atoms with van der Waals surface area (Å²) in [4.78, 5) is 23.7. The molecule has 6 nitrogen and oxygen atoms in total. The van der Waals surface area contributed by atoms with Gasteiger partial charge in [0.25, 0.3) is 11.8 Å². The van der Waals surface area contributed by atoms with Crippen molar-refractivity contribution in [3.05, 3.63) is 64.7 Å². The van der Waals surface area contributed by atoms with Crippen molar-refractivity contribution in [2.45, 2.75) is 0 Å². The standard InChI is InChI=1S/C18H17ClN2O4/c1-24-15-8-9-16(25-2)13(11-15)5-10-17(22)20-21-18(23)12-3-6-14(19)7-4-12/h3-11H,1-2H3,(H,20,22)(H,21,23)/b10-5+. The number of hydrogen-bond acceptors (Lipinski definition) is 4. The summed E-state index contributed by atoms with van der Waals surface area (Å²) in [6.07, 6.45) is 2.84. The summed E-state index contributed by atoms with van der Waals surface area (Å²) >= 11 is 5.76. The molecule has 0 saturated carbocycles. The Morgan fingerprint density at radius 1 is 1.00 bits per heavy atom. The number of halogens is 1. The van der Waals surface area contributed by atoms with Gasteiger partial charge >= 0.3 is 0 Å². The van der Waals surface area contributed by atoms with Gasteiger partial charge in [-0.25, -0.2) is 0 Å². The van der Waals surface area contributed by atoms with Gasteiger partial charge in [-0.2, -0.15) is 0 Å². The van der Waals surface area contributed by atoms with E-state index < -0.39 is 11.8 Å². The van der Waals surface area contributed by atoms with E-state index in [4.69, 9.17) is 21.1 Å². The molecule has 130 valence electrons. The first-order valence-electron chi connectivity index (χ1n) is 7.29. The van der Waals surface area contributed by atoms with E-state index in [2.05, 4.69) is 10.9 Å². The summed E-state index contributed by atoms with van der Waals surface area (Å²) in [7, 11) is 3.08. The van der Waals surface area contributed by atoms with Gasteiger partial charge in [0.2, 0.25) is 0 Å². The third-order valence-electron chi connectivity index (χ3n) is 3.26. The van der Waals surface area contributed by atoms with E-state index in [1.807, 2.05) is 0 Å². The number of hydrazine groups is 1. The summed E-state index contributed by atoms with van der Waals surface area (Å²) in [6, 6.07) is 11.5. The smallest absolute Gasteiger partial charge is 0.269 e. The molecule has 2 amide bonds. The van der Waals surface area contributed by atoms with Gasteiger partial charge in [-0.05, 0) is 48.5 Å². The molecule has 0 radical (unpaired) electrons. The molecular formula is C18H17ClN2O4. The van der Waals surface area contributed by atoms with Gasteiger partial charge < -0.3 is 9.47 Å². The maximum absolute atomic E-state index is 11.9. The number of carbonyl (C=O) groups is 2. The van der Waals surface area contributed by atoms with Crippen molar-refractivity contribution >= 4 is 29.5 Å². The molecule has 2 N–H and O–H groups in total. The van der Waals surface area contributed by atoms with Gasteiger partial charge in [0, 0.05) is 22.2 Å². The minimum absolute atomic E-state index is 0.378. The number of benzene rings is 2. The molecule has 0 aliphatic heterocycles. The third-order valence-corrected chi connectivity index (χ3v) is 3.51. The van der Waals surface area contributed by atoms with Crippen LogP contribution in [0, 0.1) is 0 Å². The van der Waals surface area contributed by atoms with Gasteiger partial charge in [0.1, 0.15) is 11.5 Å². The first kappa shape index (κ1) is 18.4. The lowest BCUT2D eigenvalue weighted by Crippen LogP contribution is -2.40. The van der Waals surface area contributed by atoms with Crippen molar-refractivity contribution in [1.82, 2.24) is 10.9 Å². The van der Waals surface area contributed by atoms with Crippen LogP contribution in [0.3, 0.4) is 0 Å². The Kier molecular flexibility index (Phi) is 6.42. The Balaban J connectivity index is 1.97. The SMILES string of the molecule is COc1ccc(OC)c(/C=C/C(=O)NNC(=O)c2ccc(Cl)cc2)c1. The quantitative estimate of drug-likeness (QED) is 0.635. The molecule has 7 heteroatoms. The lowest BCUT2D eigenvalue weighted by Gasteiger charge is -2.07. The zero-order valence-electron chi connectivity index (χ0n) is 13.7. The van der Waals surface area contributed by atoms with E-state index in [0.717, 1.165) is 0 Å². The number of methoxy groups -OCH3 is 2. The van der Waals surface area contributed by atoms with Gasteiger partial charge in [-0.15, -0.1) is 0 Å². The topological polar surface area (TPSA) is 76.7 Å². The molecule has 25 heavy (non-hydrogen) atoms. The van der Waals surface area contributed by atoms with E-state index in [1.165, 1.54) is 13.2 Å². The molecule has 0 bridgehead atoms. The van der Waals surface area contributed by atoms with Crippen molar-refractivity contribution in [1.29, 1.82) is 0 Å². The normalized spacial score (nSPS) is 10.4. The van der Waals surface area contributed by atoms with Crippen LogP contribution in [0.25, 0.3) is 6.08 Å². The van der Waals surface area contributed by atoms with Crippen LogP contribution in [-0.4, -0.2) is 26.0 Å². The van der Waals surface area contributed by atoms with Crippen LogP contribution < -0.4 is 20.3 Å². The van der Waals surface area contributed by atoms with Crippen LogP contribution >= 0.6 is 11.6 Å². The first-order chi connectivity index (χ1) is 12.0. The molecule has 2 aromatic rings. The molecule has 2 rings (SSSR count). The van der Waals surface area contributed by atoms with Crippen LogP contribution in [0.15, 0.2) is 48.5 Å². The Hall–Kier alpha value is -2.99. The monoisotopic (exact) mass is 360 g/mol. The average Bonchev–Trinajstić information content (AvgIpc) is 2.64. The third kappa shape index (κ3) is 5.26. The number of hydrogen-bond donors (Lipinski definition) is 2. The second kappa shape index (κ2) is 8.75. The highest BCUT2D eigenvalue weighted by atomic mass is 35.5. The number of nitrogens with one attached hydrogen (secondary N) is 2. The Morgan fingerprint density at radius 3 is 2.36 bits per heavy atom. The van der Waals surface area contributed by atoms with Gasteiger partial charge in [0.15, 0.2) is 0 Å². The van der Waals surface area contributed by atoms with Gasteiger partial charge in [-0.1, -0.05) is 11.6 Å². The number of rotatable bonds is 5. The zero-order valence-corrected chi connectivity index (χ0v) is 14.5. The maximum atomic E-state index is 11.9. The van der Waals surface area contributed by atoms with Crippen LogP contribution in [0.2, 0.25) is 5.02 Å². The van der Waals surface area contributed by atoms with Crippen LogP contribution in [-0.2, 0) is 4.79 Å². The van der Waals surface area contributed by atoms with Crippen molar-refractivity contribution in [3.63, 3.8) is 0 Å².